The van der Waals surface area contributed by atoms with Gasteiger partial charge in [0.1, 0.15) is 0 Å². The maximum atomic E-state index is 12.0. The number of carbonyl (C=O) groups is 2. The second kappa shape index (κ2) is 3.92. The van der Waals surface area contributed by atoms with E-state index < -0.39 is 0 Å². The summed E-state index contributed by atoms with van der Waals surface area (Å²) in [6, 6.07) is 7.75. The predicted octanol–water partition coefficient (Wildman–Crippen LogP) is 0.718. The minimum Gasteiger partial charge on any atom is -0.396 e. The quantitative estimate of drug-likeness (QED) is 0.798. The van der Waals surface area contributed by atoms with Crippen LogP contribution in [0.1, 0.15) is 11.1 Å². The molecule has 1 heterocycles. The van der Waals surface area contributed by atoms with Crippen LogP contribution in [0.5, 0.6) is 0 Å². The van der Waals surface area contributed by atoms with Crippen molar-refractivity contribution in [2.75, 3.05) is 6.61 Å². The van der Waals surface area contributed by atoms with Crippen LogP contribution in [0, 0.1) is 24.7 Å². The fraction of sp³-hybridized carbons (Fsp3) is 0.429. The van der Waals surface area contributed by atoms with Crippen molar-refractivity contribution in [1.29, 1.82) is 0 Å². The number of hydrogen-bond acceptors (Lipinski definition) is 3. The molecule has 2 fully saturated rings. The number of benzene rings is 1. The number of nitrogens with zero attached hydrogens (tertiary/aromatic N) is 1. The Hall–Kier alpha value is -1.68. The summed E-state index contributed by atoms with van der Waals surface area (Å²) in [7, 11) is 0. The summed E-state index contributed by atoms with van der Waals surface area (Å²) < 4.78 is 0. The zero-order chi connectivity index (χ0) is 12.9. The van der Waals surface area contributed by atoms with E-state index in [1.807, 2.05) is 31.2 Å². The molecule has 1 N–H and O–H groups in total. The molecule has 1 saturated heterocycles. The molecule has 4 nitrogen and oxygen atoms in total. The van der Waals surface area contributed by atoms with Gasteiger partial charge in [0.15, 0.2) is 0 Å². The number of rotatable bonds is 3. The van der Waals surface area contributed by atoms with E-state index >= 15 is 0 Å². The average molecular weight is 245 g/mol. The molecule has 1 aliphatic carbocycles. The van der Waals surface area contributed by atoms with Crippen LogP contribution in [0.25, 0.3) is 0 Å². The second-order valence-electron chi connectivity index (χ2n) is 5.09. The summed E-state index contributed by atoms with van der Waals surface area (Å²) >= 11 is 0. The number of aliphatic hydroxyl groups excluding tert-OH is 1. The van der Waals surface area contributed by atoms with Crippen LogP contribution < -0.4 is 0 Å². The predicted molar refractivity (Wildman–Crippen MR) is 64.3 cm³/mol. The first-order valence-electron chi connectivity index (χ1n) is 6.15. The number of carbonyl (C=O) groups excluding carboxylic acids is 2. The Balaban J connectivity index is 1.79. The second-order valence-corrected chi connectivity index (χ2v) is 5.09. The summed E-state index contributed by atoms with van der Waals surface area (Å²) in [6.45, 7) is 2.26. The van der Waals surface area contributed by atoms with Crippen LogP contribution in [-0.2, 0) is 16.1 Å². The van der Waals surface area contributed by atoms with Crippen LogP contribution in [0.3, 0.4) is 0 Å². The third-order valence-electron chi connectivity index (χ3n) is 4.07. The van der Waals surface area contributed by atoms with Crippen molar-refractivity contribution in [3.63, 3.8) is 0 Å². The molecule has 18 heavy (non-hydrogen) atoms. The van der Waals surface area contributed by atoms with Crippen molar-refractivity contribution in [2.45, 2.75) is 13.5 Å². The largest absolute Gasteiger partial charge is 0.396 e. The summed E-state index contributed by atoms with van der Waals surface area (Å²) in [4.78, 5) is 25.4. The monoisotopic (exact) mass is 245 g/mol. The molecule has 2 amide bonds. The lowest BCUT2D eigenvalue weighted by Crippen LogP contribution is -2.34. The Kier molecular flexibility index (Phi) is 2.48. The molecule has 0 bridgehead atoms. The highest BCUT2D eigenvalue weighted by Crippen LogP contribution is 2.53. The van der Waals surface area contributed by atoms with Crippen molar-refractivity contribution in [1.82, 2.24) is 4.90 Å². The van der Waals surface area contributed by atoms with Gasteiger partial charge in [0.2, 0.25) is 11.8 Å². The number of aryl methyl sites for hydroxylation is 1. The highest BCUT2D eigenvalue weighted by atomic mass is 16.3. The van der Waals surface area contributed by atoms with Gasteiger partial charge in [-0.25, -0.2) is 0 Å². The molecule has 1 saturated carbocycles. The molecular weight excluding hydrogens is 230 g/mol. The van der Waals surface area contributed by atoms with Gasteiger partial charge in [-0.05, 0) is 18.1 Å². The Morgan fingerprint density at radius 2 is 1.78 bits per heavy atom. The molecule has 2 unspecified atom stereocenters. The van der Waals surface area contributed by atoms with Gasteiger partial charge < -0.3 is 5.11 Å². The van der Waals surface area contributed by atoms with Crippen molar-refractivity contribution < 1.29 is 14.7 Å². The molecule has 1 aliphatic heterocycles. The normalized spacial score (nSPS) is 29.7. The minimum atomic E-state index is -0.258. The molecule has 94 valence electrons. The standard InChI is InChI=1S/C14H15NO3/c1-8-4-2-3-5-9(8)6-15-13(17)11-10(7-16)12(11)14(15)18/h2-5,10-12,16H,6-7H2,1H3. The van der Waals surface area contributed by atoms with E-state index in [4.69, 9.17) is 5.11 Å². The maximum Gasteiger partial charge on any atom is 0.233 e. The zero-order valence-electron chi connectivity index (χ0n) is 10.2. The van der Waals surface area contributed by atoms with Gasteiger partial charge in [0, 0.05) is 12.5 Å². The SMILES string of the molecule is Cc1ccccc1CN1C(=O)C2C(CO)C2C1=O. The fourth-order valence-corrected chi connectivity index (χ4v) is 2.86. The minimum absolute atomic E-state index is 0.0645. The summed E-state index contributed by atoms with van der Waals surface area (Å²) in [5.41, 5.74) is 2.08. The van der Waals surface area contributed by atoms with E-state index in [-0.39, 0.29) is 36.2 Å². The number of imide groups is 1. The molecule has 3 rings (SSSR count). The third-order valence-corrected chi connectivity index (χ3v) is 4.07. The van der Waals surface area contributed by atoms with Gasteiger partial charge in [-0.2, -0.15) is 0 Å². The number of aliphatic hydroxyl groups is 1. The first kappa shape index (κ1) is 11.4. The van der Waals surface area contributed by atoms with Gasteiger partial charge in [-0.1, -0.05) is 24.3 Å². The van der Waals surface area contributed by atoms with E-state index in [9.17, 15) is 9.59 Å². The molecule has 2 atom stereocenters. The first-order valence-corrected chi connectivity index (χ1v) is 6.15. The fourth-order valence-electron chi connectivity index (χ4n) is 2.86. The zero-order valence-corrected chi connectivity index (χ0v) is 10.2. The van der Waals surface area contributed by atoms with Crippen LogP contribution in [0.15, 0.2) is 24.3 Å². The van der Waals surface area contributed by atoms with Crippen LogP contribution in [0.4, 0.5) is 0 Å². The Labute approximate surface area is 105 Å². The molecule has 0 radical (unpaired) electrons. The summed E-state index contributed by atoms with van der Waals surface area (Å²) in [6.07, 6.45) is 0. The lowest BCUT2D eigenvalue weighted by atomic mass is 10.1. The lowest BCUT2D eigenvalue weighted by Gasteiger charge is -2.19. The van der Waals surface area contributed by atoms with Crippen molar-refractivity contribution >= 4 is 11.8 Å². The number of amides is 2. The Morgan fingerprint density at radius 1 is 1.17 bits per heavy atom. The van der Waals surface area contributed by atoms with E-state index in [1.54, 1.807) is 0 Å². The van der Waals surface area contributed by atoms with Crippen molar-refractivity contribution in [3.05, 3.63) is 35.4 Å². The number of fused-ring (bicyclic) bond motifs is 1. The molecule has 0 aromatic heterocycles. The van der Waals surface area contributed by atoms with Crippen LogP contribution >= 0.6 is 0 Å². The molecule has 1 aromatic rings. The van der Waals surface area contributed by atoms with Gasteiger partial charge in [0.05, 0.1) is 18.4 Å². The molecular formula is C14H15NO3. The topological polar surface area (TPSA) is 57.6 Å². The molecule has 2 aliphatic rings. The summed E-state index contributed by atoms with van der Waals surface area (Å²) in [5, 5.41) is 9.04. The van der Waals surface area contributed by atoms with E-state index in [0.717, 1.165) is 11.1 Å². The smallest absolute Gasteiger partial charge is 0.233 e. The lowest BCUT2D eigenvalue weighted by molar-refractivity contribution is -0.143. The van der Waals surface area contributed by atoms with Crippen molar-refractivity contribution in [3.8, 4) is 0 Å². The first-order chi connectivity index (χ1) is 8.65. The molecule has 4 heteroatoms. The highest BCUT2D eigenvalue weighted by molar-refractivity contribution is 6.09. The van der Waals surface area contributed by atoms with Crippen LogP contribution in [-0.4, -0.2) is 28.4 Å². The van der Waals surface area contributed by atoms with Gasteiger partial charge in [-0.15, -0.1) is 0 Å². The number of piperidine rings is 1. The van der Waals surface area contributed by atoms with Gasteiger partial charge in [0.25, 0.3) is 0 Å². The number of likely N-dealkylation sites (tertiary alicyclic amines) is 1. The van der Waals surface area contributed by atoms with E-state index in [1.165, 1.54) is 4.90 Å². The Bertz CT molecular complexity index is 504. The summed E-state index contributed by atoms with van der Waals surface area (Å²) in [5.74, 6) is -0.879. The van der Waals surface area contributed by atoms with Gasteiger partial charge in [-0.3, -0.25) is 14.5 Å². The molecule has 0 spiro atoms. The van der Waals surface area contributed by atoms with Crippen molar-refractivity contribution in [2.24, 2.45) is 17.8 Å². The van der Waals surface area contributed by atoms with E-state index in [2.05, 4.69) is 0 Å². The molecule has 1 aromatic carbocycles. The van der Waals surface area contributed by atoms with E-state index in [0.29, 0.717) is 6.54 Å². The highest BCUT2D eigenvalue weighted by Gasteiger charge is 2.66. The Morgan fingerprint density at radius 3 is 2.33 bits per heavy atom. The average Bonchev–Trinajstić information content (AvgIpc) is 3.04. The van der Waals surface area contributed by atoms with Gasteiger partial charge >= 0.3 is 0 Å². The maximum absolute atomic E-state index is 12.0. The van der Waals surface area contributed by atoms with Crippen LogP contribution in [0.2, 0.25) is 0 Å². The number of hydrogen-bond donors (Lipinski definition) is 1. The third kappa shape index (κ3) is 1.49.